The third-order valence-corrected chi connectivity index (χ3v) is 4.25. The number of rotatable bonds is 3. The number of fused-ring (bicyclic) bond motifs is 1. The Kier molecular flexibility index (Phi) is 4.15. The van der Waals surface area contributed by atoms with Crippen LogP contribution < -0.4 is 4.90 Å². The van der Waals surface area contributed by atoms with Crippen molar-refractivity contribution in [2.45, 2.75) is 19.3 Å². The fraction of sp³-hybridized carbons (Fsp3) is 0.263. The number of para-hydroxylation sites is 1. The van der Waals surface area contributed by atoms with Crippen molar-refractivity contribution < 1.29 is 14.3 Å². The van der Waals surface area contributed by atoms with E-state index in [-0.39, 0.29) is 24.2 Å². The highest BCUT2D eigenvalue weighted by Crippen LogP contribution is 2.38. The number of esters is 1. The molecular formula is C19H19NO3. The zero-order valence-corrected chi connectivity index (χ0v) is 13.3. The molecule has 118 valence electrons. The maximum absolute atomic E-state index is 12.8. The summed E-state index contributed by atoms with van der Waals surface area (Å²) in [5.74, 6) is -0.313. The van der Waals surface area contributed by atoms with Gasteiger partial charge in [-0.15, -0.1) is 0 Å². The zero-order chi connectivity index (χ0) is 16.4. The minimum Gasteiger partial charge on any atom is -0.469 e. The number of anilines is 1. The molecule has 1 aliphatic rings. The van der Waals surface area contributed by atoms with Crippen molar-refractivity contribution in [2.75, 3.05) is 18.6 Å². The first-order valence-corrected chi connectivity index (χ1v) is 7.64. The fourth-order valence-corrected chi connectivity index (χ4v) is 3.00. The summed E-state index contributed by atoms with van der Waals surface area (Å²) in [6.07, 6.45) is 0.283. The summed E-state index contributed by atoms with van der Waals surface area (Å²) >= 11 is 0. The molecule has 0 fully saturated rings. The van der Waals surface area contributed by atoms with Crippen molar-refractivity contribution in [1.82, 2.24) is 0 Å². The van der Waals surface area contributed by atoms with E-state index >= 15 is 0 Å². The van der Waals surface area contributed by atoms with Gasteiger partial charge in [-0.3, -0.25) is 9.59 Å². The lowest BCUT2D eigenvalue weighted by Gasteiger charge is -2.18. The number of hydrogen-bond donors (Lipinski definition) is 0. The van der Waals surface area contributed by atoms with Crippen LogP contribution in [0.15, 0.2) is 48.5 Å². The summed E-state index contributed by atoms with van der Waals surface area (Å²) in [4.78, 5) is 26.2. The van der Waals surface area contributed by atoms with E-state index in [1.807, 2.05) is 55.5 Å². The predicted octanol–water partition coefficient (Wildman–Crippen LogP) is 3.30. The molecule has 0 radical (unpaired) electrons. The molecule has 0 N–H and O–H groups in total. The highest BCUT2D eigenvalue weighted by atomic mass is 16.5. The maximum Gasteiger partial charge on any atom is 0.306 e. The number of aryl methyl sites for hydroxylation is 1. The van der Waals surface area contributed by atoms with Crippen LogP contribution in [0.3, 0.4) is 0 Å². The van der Waals surface area contributed by atoms with Crippen molar-refractivity contribution in [2.24, 2.45) is 0 Å². The first-order valence-electron chi connectivity index (χ1n) is 7.64. The van der Waals surface area contributed by atoms with Crippen molar-refractivity contribution in [3.05, 3.63) is 65.2 Å². The van der Waals surface area contributed by atoms with Crippen LogP contribution in [0, 0.1) is 6.92 Å². The molecule has 0 saturated carbocycles. The molecule has 0 bridgehead atoms. The van der Waals surface area contributed by atoms with Crippen LogP contribution >= 0.6 is 0 Å². The summed E-state index contributed by atoms with van der Waals surface area (Å²) in [5, 5.41) is 0. The van der Waals surface area contributed by atoms with Crippen molar-refractivity contribution in [3.8, 4) is 0 Å². The molecule has 0 saturated heterocycles. The Hall–Kier alpha value is -2.62. The van der Waals surface area contributed by atoms with E-state index in [0.29, 0.717) is 12.1 Å². The topological polar surface area (TPSA) is 46.6 Å². The van der Waals surface area contributed by atoms with Crippen LogP contribution in [-0.2, 0) is 9.53 Å². The van der Waals surface area contributed by atoms with Crippen LogP contribution in [0.1, 0.15) is 33.8 Å². The monoisotopic (exact) mass is 309 g/mol. The summed E-state index contributed by atoms with van der Waals surface area (Å²) in [5.41, 5.74) is 3.68. The van der Waals surface area contributed by atoms with E-state index in [0.717, 1.165) is 16.8 Å². The maximum atomic E-state index is 12.8. The van der Waals surface area contributed by atoms with E-state index in [4.69, 9.17) is 4.74 Å². The number of ether oxygens (including phenoxy) is 1. The Labute approximate surface area is 135 Å². The average molecular weight is 309 g/mol. The lowest BCUT2D eigenvalue weighted by molar-refractivity contribution is -0.141. The molecule has 23 heavy (non-hydrogen) atoms. The molecule has 1 atom stereocenters. The van der Waals surface area contributed by atoms with Gasteiger partial charge in [0.1, 0.15) is 0 Å². The summed E-state index contributed by atoms with van der Waals surface area (Å²) in [7, 11) is 1.39. The molecular weight excluding hydrogens is 290 g/mol. The van der Waals surface area contributed by atoms with Gasteiger partial charge in [0.05, 0.1) is 13.5 Å². The predicted molar refractivity (Wildman–Crippen MR) is 88.7 cm³/mol. The molecule has 0 spiro atoms. The molecule has 1 amide bonds. The van der Waals surface area contributed by atoms with Crippen LogP contribution in [-0.4, -0.2) is 25.5 Å². The number of nitrogens with zero attached hydrogens (tertiary/aromatic N) is 1. The summed E-state index contributed by atoms with van der Waals surface area (Å²) in [6.45, 7) is 2.49. The third kappa shape index (κ3) is 2.97. The minimum absolute atomic E-state index is 0.0203. The Morgan fingerprint density at radius 1 is 1.13 bits per heavy atom. The normalized spacial score (nSPS) is 16.1. The Morgan fingerprint density at radius 2 is 1.83 bits per heavy atom. The molecule has 1 heterocycles. The molecule has 0 unspecified atom stereocenters. The van der Waals surface area contributed by atoms with E-state index in [9.17, 15) is 9.59 Å². The van der Waals surface area contributed by atoms with E-state index in [1.54, 1.807) is 4.90 Å². The van der Waals surface area contributed by atoms with Gasteiger partial charge in [0.2, 0.25) is 0 Å². The molecule has 0 aliphatic carbocycles. The highest BCUT2D eigenvalue weighted by molar-refractivity contribution is 6.07. The molecule has 3 rings (SSSR count). The van der Waals surface area contributed by atoms with E-state index < -0.39 is 0 Å². The average Bonchev–Trinajstić information content (AvgIpc) is 2.93. The van der Waals surface area contributed by atoms with Crippen LogP contribution in [0.2, 0.25) is 0 Å². The Bertz CT molecular complexity index is 737. The highest BCUT2D eigenvalue weighted by Gasteiger charge is 2.33. The standard InChI is InChI=1S/C19H19NO3/c1-13-7-9-14(10-8-13)19(22)20-12-15(11-18(21)23-2)16-5-3-4-6-17(16)20/h3-10,15H,11-12H2,1-2H3/t15-/m1/s1. The van der Waals surface area contributed by atoms with Gasteiger partial charge >= 0.3 is 5.97 Å². The quantitative estimate of drug-likeness (QED) is 0.817. The molecule has 0 aromatic heterocycles. The SMILES string of the molecule is COC(=O)C[C@@H]1CN(C(=O)c2ccc(C)cc2)c2ccccc21. The van der Waals surface area contributed by atoms with Gasteiger partial charge in [-0.05, 0) is 30.7 Å². The number of hydrogen-bond acceptors (Lipinski definition) is 3. The molecule has 4 nitrogen and oxygen atoms in total. The fourth-order valence-electron chi connectivity index (χ4n) is 3.00. The zero-order valence-electron chi connectivity index (χ0n) is 13.3. The van der Waals surface area contributed by atoms with Gasteiger partial charge in [-0.1, -0.05) is 35.9 Å². The van der Waals surface area contributed by atoms with Crippen molar-refractivity contribution in [1.29, 1.82) is 0 Å². The van der Waals surface area contributed by atoms with Crippen molar-refractivity contribution >= 4 is 17.6 Å². The molecule has 2 aromatic carbocycles. The first kappa shape index (κ1) is 15.3. The number of amides is 1. The third-order valence-electron chi connectivity index (χ3n) is 4.25. The van der Waals surface area contributed by atoms with Gasteiger partial charge in [0, 0.05) is 23.7 Å². The van der Waals surface area contributed by atoms with Crippen LogP contribution in [0.5, 0.6) is 0 Å². The molecule has 4 heteroatoms. The Morgan fingerprint density at radius 3 is 2.52 bits per heavy atom. The number of benzene rings is 2. The van der Waals surface area contributed by atoms with Crippen molar-refractivity contribution in [3.63, 3.8) is 0 Å². The van der Waals surface area contributed by atoms with Gasteiger partial charge in [-0.2, -0.15) is 0 Å². The molecule has 2 aromatic rings. The smallest absolute Gasteiger partial charge is 0.306 e. The van der Waals surface area contributed by atoms with Gasteiger partial charge < -0.3 is 9.64 Å². The van der Waals surface area contributed by atoms with Gasteiger partial charge in [0.25, 0.3) is 5.91 Å². The van der Waals surface area contributed by atoms with Gasteiger partial charge in [0.15, 0.2) is 0 Å². The van der Waals surface area contributed by atoms with Gasteiger partial charge in [-0.25, -0.2) is 0 Å². The second-order valence-electron chi connectivity index (χ2n) is 5.82. The number of carbonyl (C=O) groups excluding carboxylic acids is 2. The van der Waals surface area contributed by atoms with E-state index in [1.165, 1.54) is 7.11 Å². The summed E-state index contributed by atoms with van der Waals surface area (Å²) < 4.78 is 4.78. The largest absolute Gasteiger partial charge is 0.469 e. The number of carbonyl (C=O) groups is 2. The number of methoxy groups -OCH3 is 1. The van der Waals surface area contributed by atoms with Crippen LogP contribution in [0.25, 0.3) is 0 Å². The van der Waals surface area contributed by atoms with Crippen LogP contribution in [0.4, 0.5) is 5.69 Å². The Balaban J connectivity index is 1.90. The first-order chi connectivity index (χ1) is 11.1. The minimum atomic E-state index is -0.255. The molecule has 1 aliphatic heterocycles. The second-order valence-corrected chi connectivity index (χ2v) is 5.82. The lowest BCUT2D eigenvalue weighted by atomic mass is 9.98. The lowest BCUT2D eigenvalue weighted by Crippen LogP contribution is -2.30. The summed E-state index contributed by atoms with van der Waals surface area (Å²) in [6, 6.07) is 15.3. The second kappa shape index (κ2) is 6.24. The van der Waals surface area contributed by atoms with E-state index in [2.05, 4.69) is 0 Å².